The van der Waals surface area contributed by atoms with Gasteiger partial charge in [-0.05, 0) is 25.1 Å². The molecular formula is C29H45N5O8. The lowest BCUT2D eigenvalue weighted by atomic mass is 10.1. The number of benzene rings is 1. The number of hydrogen-bond donors (Lipinski definition) is 1. The SMILES string of the molecule is CC.CC.CC(=O)CCOCCOCCOCCOCCC(=O)Nc1cc(-c2nnc(C)o2)cc(-c2nnc(C)o2)c1. The van der Waals surface area contributed by atoms with Crippen molar-refractivity contribution in [1.82, 2.24) is 20.4 Å². The zero-order valence-corrected chi connectivity index (χ0v) is 25.9. The summed E-state index contributed by atoms with van der Waals surface area (Å²) in [6, 6.07) is 5.23. The van der Waals surface area contributed by atoms with Crippen molar-refractivity contribution in [3.63, 3.8) is 0 Å². The van der Waals surface area contributed by atoms with E-state index in [0.29, 0.717) is 93.0 Å². The standard InChI is InChI=1S/C25H33N5O8.2C2H6/c1-17(31)4-6-33-8-10-35-12-13-36-11-9-34-7-5-23(32)26-22-15-20(24-29-27-18(2)37-24)14-21(16-22)25-30-28-19(3)38-25;2*1-2/h14-16H,4-13H2,1-3H3,(H,26,32);2*1-2H3. The Morgan fingerprint density at radius 1 is 0.643 bits per heavy atom. The van der Waals surface area contributed by atoms with E-state index in [0.717, 1.165) is 0 Å². The summed E-state index contributed by atoms with van der Waals surface area (Å²) in [6.07, 6.45) is 0.576. The lowest BCUT2D eigenvalue weighted by Gasteiger charge is -2.09. The van der Waals surface area contributed by atoms with Gasteiger partial charge in [-0.25, -0.2) is 0 Å². The van der Waals surface area contributed by atoms with Gasteiger partial charge in [0.2, 0.25) is 29.5 Å². The number of nitrogens with one attached hydrogen (secondary N) is 1. The van der Waals surface area contributed by atoms with E-state index in [9.17, 15) is 9.59 Å². The van der Waals surface area contributed by atoms with Crippen LogP contribution in [0.2, 0.25) is 0 Å². The molecule has 2 aromatic heterocycles. The fourth-order valence-electron chi connectivity index (χ4n) is 3.14. The summed E-state index contributed by atoms with van der Waals surface area (Å²) in [5.41, 5.74) is 1.72. The largest absolute Gasteiger partial charge is 0.421 e. The van der Waals surface area contributed by atoms with Crippen LogP contribution < -0.4 is 5.32 Å². The van der Waals surface area contributed by atoms with Crippen molar-refractivity contribution in [2.24, 2.45) is 0 Å². The van der Waals surface area contributed by atoms with Crippen LogP contribution in [0.15, 0.2) is 27.0 Å². The first kappa shape index (κ1) is 36.5. The van der Waals surface area contributed by atoms with E-state index in [1.165, 1.54) is 6.92 Å². The maximum Gasteiger partial charge on any atom is 0.247 e. The molecule has 1 N–H and O–H groups in total. The number of anilines is 1. The zero-order valence-electron chi connectivity index (χ0n) is 25.9. The molecular weight excluding hydrogens is 546 g/mol. The van der Waals surface area contributed by atoms with Crippen molar-refractivity contribution >= 4 is 17.4 Å². The van der Waals surface area contributed by atoms with E-state index >= 15 is 0 Å². The molecule has 13 nitrogen and oxygen atoms in total. The Labute approximate surface area is 247 Å². The number of aryl methyl sites for hydroxylation is 2. The van der Waals surface area contributed by atoms with Crippen molar-refractivity contribution in [1.29, 1.82) is 0 Å². The molecule has 0 bridgehead atoms. The highest BCUT2D eigenvalue weighted by Crippen LogP contribution is 2.29. The Hall–Kier alpha value is -3.52. The van der Waals surface area contributed by atoms with E-state index in [1.807, 2.05) is 27.7 Å². The predicted octanol–water partition coefficient (Wildman–Crippen LogP) is 4.83. The van der Waals surface area contributed by atoms with Crippen LogP contribution in [0.25, 0.3) is 22.9 Å². The van der Waals surface area contributed by atoms with Gasteiger partial charge in [0.1, 0.15) is 5.78 Å². The smallest absolute Gasteiger partial charge is 0.247 e. The Morgan fingerprint density at radius 2 is 1.05 bits per heavy atom. The molecule has 2 heterocycles. The molecule has 3 aromatic rings. The first-order valence-electron chi connectivity index (χ1n) is 14.3. The van der Waals surface area contributed by atoms with Crippen LogP contribution in [0.4, 0.5) is 5.69 Å². The first-order chi connectivity index (χ1) is 20.4. The van der Waals surface area contributed by atoms with Crippen molar-refractivity contribution in [2.75, 3.05) is 58.2 Å². The highest BCUT2D eigenvalue weighted by Gasteiger charge is 2.15. The molecule has 1 aromatic carbocycles. The van der Waals surface area contributed by atoms with Gasteiger partial charge in [0.05, 0.1) is 59.3 Å². The van der Waals surface area contributed by atoms with Crippen LogP contribution in [0.3, 0.4) is 0 Å². The average molecular weight is 592 g/mol. The minimum Gasteiger partial charge on any atom is -0.421 e. The Kier molecular flexibility index (Phi) is 19.2. The van der Waals surface area contributed by atoms with Crippen LogP contribution in [0, 0.1) is 13.8 Å². The van der Waals surface area contributed by atoms with E-state index in [4.69, 9.17) is 27.8 Å². The van der Waals surface area contributed by atoms with Crippen molar-refractivity contribution in [2.45, 2.75) is 61.3 Å². The van der Waals surface area contributed by atoms with E-state index in [2.05, 4.69) is 25.7 Å². The highest BCUT2D eigenvalue weighted by molar-refractivity contribution is 5.92. The molecule has 13 heteroatoms. The number of rotatable bonds is 18. The minimum atomic E-state index is -0.226. The Balaban J connectivity index is 0.00000211. The highest BCUT2D eigenvalue weighted by atomic mass is 16.6. The van der Waals surface area contributed by atoms with Crippen LogP contribution in [-0.2, 0) is 28.5 Å². The maximum atomic E-state index is 12.5. The number of amides is 1. The van der Waals surface area contributed by atoms with Crippen LogP contribution in [0.5, 0.6) is 0 Å². The first-order valence-corrected chi connectivity index (χ1v) is 14.3. The molecule has 0 atom stereocenters. The molecule has 0 fully saturated rings. The van der Waals surface area contributed by atoms with Gasteiger partial charge in [0.25, 0.3) is 0 Å². The minimum absolute atomic E-state index is 0.106. The van der Waals surface area contributed by atoms with E-state index in [-0.39, 0.29) is 24.7 Å². The molecule has 42 heavy (non-hydrogen) atoms. The molecule has 0 unspecified atom stereocenters. The molecule has 1 amide bonds. The van der Waals surface area contributed by atoms with Gasteiger partial charge in [-0.1, -0.05) is 27.7 Å². The van der Waals surface area contributed by atoms with E-state index < -0.39 is 0 Å². The Morgan fingerprint density at radius 3 is 1.43 bits per heavy atom. The summed E-state index contributed by atoms with van der Waals surface area (Å²) in [4.78, 5) is 23.3. The summed E-state index contributed by atoms with van der Waals surface area (Å²) >= 11 is 0. The number of ether oxygens (including phenoxy) is 4. The molecule has 234 valence electrons. The maximum absolute atomic E-state index is 12.5. The summed E-state index contributed by atoms with van der Waals surface area (Å²) in [7, 11) is 0. The van der Waals surface area contributed by atoms with Crippen molar-refractivity contribution < 1.29 is 37.4 Å². The predicted molar refractivity (Wildman–Crippen MR) is 157 cm³/mol. The van der Waals surface area contributed by atoms with Crippen LogP contribution in [0.1, 0.15) is 59.2 Å². The monoisotopic (exact) mass is 591 g/mol. The van der Waals surface area contributed by atoms with Gasteiger partial charge in [-0.15, -0.1) is 20.4 Å². The van der Waals surface area contributed by atoms with E-state index in [1.54, 1.807) is 32.0 Å². The number of ketones is 1. The molecule has 0 aliphatic heterocycles. The topological polar surface area (TPSA) is 161 Å². The molecule has 0 saturated heterocycles. The third-order valence-electron chi connectivity index (χ3n) is 4.95. The number of carbonyl (C=O) groups is 2. The normalized spacial score (nSPS) is 10.4. The van der Waals surface area contributed by atoms with Gasteiger partial charge in [-0.2, -0.15) is 0 Å². The van der Waals surface area contributed by atoms with Crippen LogP contribution >= 0.6 is 0 Å². The van der Waals surface area contributed by atoms with Gasteiger partial charge >= 0.3 is 0 Å². The van der Waals surface area contributed by atoms with Crippen molar-refractivity contribution in [3.8, 4) is 22.9 Å². The second-order valence-electron chi connectivity index (χ2n) is 8.25. The molecule has 3 rings (SSSR count). The number of nitrogens with zero attached hydrogens (tertiary/aromatic N) is 4. The summed E-state index contributed by atoms with van der Waals surface area (Å²) < 4.78 is 32.6. The summed E-state index contributed by atoms with van der Waals surface area (Å²) in [5, 5.41) is 18.7. The second kappa shape index (κ2) is 22.1. The average Bonchev–Trinajstić information content (AvgIpc) is 3.63. The van der Waals surface area contributed by atoms with Gasteiger partial charge in [0, 0.05) is 37.1 Å². The number of Topliss-reactive ketones (excluding diaryl/α,β-unsaturated/α-hetero) is 1. The van der Waals surface area contributed by atoms with Gasteiger partial charge in [-0.3, -0.25) is 9.59 Å². The summed E-state index contributed by atoms with van der Waals surface area (Å²) in [6.45, 7) is 16.1. The molecule has 0 aliphatic rings. The molecule has 0 saturated carbocycles. The van der Waals surface area contributed by atoms with Gasteiger partial charge in [0.15, 0.2) is 0 Å². The molecule has 0 spiro atoms. The quantitative estimate of drug-likeness (QED) is 0.201. The molecule has 0 aliphatic carbocycles. The fourth-order valence-corrected chi connectivity index (χ4v) is 3.14. The number of carbonyl (C=O) groups excluding carboxylic acids is 2. The van der Waals surface area contributed by atoms with Gasteiger partial charge < -0.3 is 33.1 Å². The zero-order chi connectivity index (χ0) is 31.2. The third kappa shape index (κ3) is 14.9. The van der Waals surface area contributed by atoms with Crippen molar-refractivity contribution in [3.05, 3.63) is 30.0 Å². The molecule has 0 radical (unpaired) electrons. The lowest BCUT2D eigenvalue weighted by molar-refractivity contribution is -0.118. The fraction of sp³-hybridized carbons (Fsp3) is 0.586. The Bertz CT molecular complexity index is 1110. The second-order valence-corrected chi connectivity index (χ2v) is 8.25. The third-order valence-corrected chi connectivity index (χ3v) is 4.95. The number of hydrogen-bond acceptors (Lipinski definition) is 12. The summed E-state index contributed by atoms with van der Waals surface area (Å²) in [5.74, 6) is 1.34. The lowest BCUT2D eigenvalue weighted by Crippen LogP contribution is -2.16. The number of aromatic nitrogens is 4. The van der Waals surface area contributed by atoms with Crippen LogP contribution in [-0.4, -0.2) is 84.9 Å².